The maximum absolute atomic E-state index is 12.9. The number of benzene rings is 1. The number of aromatic nitrogens is 4. The zero-order valence-electron chi connectivity index (χ0n) is 18.5. The maximum Gasteiger partial charge on any atom is 0.255 e. The van der Waals surface area contributed by atoms with Crippen LogP contribution in [-0.4, -0.2) is 38.7 Å². The van der Waals surface area contributed by atoms with Gasteiger partial charge in [0.05, 0.1) is 35.7 Å². The molecule has 4 aromatic rings. The van der Waals surface area contributed by atoms with Crippen LogP contribution in [0, 0.1) is 6.92 Å². The molecule has 1 unspecified atom stereocenters. The van der Waals surface area contributed by atoms with Crippen LogP contribution in [0.4, 0.5) is 5.69 Å². The Bertz CT molecular complexity index is 1280. The standard InChI is InChI=1S/C22H24N6O2.3ClH/c1-13-16-7-6-14(9-19(16)27(2)26-13)22(29)24-15-10-20(30-3)21-25-18(12-28(21)11-15)17-5-4-8-23-17;;;/h6-7,9-12,17,23H,4-5,8H2,1-3H3,(H,24,29);3*1H. The second-order valence-corrected chi connectivity index (χ2v) is 7.74. The molecule has 1 amide bonds. The number of aryl methyl sites for hydroxylation is 2. The normalized spacial score (nSPS) is 14.9. The number of carbonyl (C=O) groups is 1. The van der Waals surface area contributed by atoms with Gasteiger partial charge in [-0.1, -0.05) is 6.07 Å². The number of fused-ring (bicyclic) bond motifs is 2. The first-order chi connectivity index (χ1) is 14.5. The number of hydrogen-bond donors (Lipinski definition) is 2. The lowest BCUT2D eigenvalue weighted by atomic mass is 10.1. The molecule has 0 aliphatic carbocycles. The number of methoxy groups -OCH3 is 1. The molecule has 1 aliphatic rings. The first-order valence-electron chi connectivity index (χ1n) is 10.1. The highest BCUT2D eigenvalue weighted by atomic mass is 35.5. The number of rotatable bonds is 4. The number of amides is 1. The highest BCUT2D eigenvalue weighted by Crippen LogP contribution is 2.29. The van der Waals surface area contributed by atoms with Gasteiger partial charge in [-0.05, 0) is 38.4 Å². The average molecular weight is 514 g/mol. The Morgan fingerprint density at radius 3 is 2.70 bits per heavy atom. The molecule has 5 rings (SSSR count). The summed E-state index contributed by atoms with van der Waals surface area (Å²) in [4.78, 5) is 17.7. The van der Waals surface area contributed by atoms with Crippen molar-refractivity contribution < 1.29 is 9.53 Å². The summed E-state index contributed by atoms with van der Waals surface area (Å²) in [5.41, 5.74) is 4.83. The maximum atomic E-state index is 12.9. The molecule has 8 nitrogen and oxygen atoms in total. The van der Waals surface area contributed by atoms with Gasteiger partial charge in [0, 0.05) is 36.5 Å². The zero-order valence-corrected chi connectivity index (χ0v) is 20.9. The summed E-state index contributed by atoms with van der Waals surface area (Å²) >= 11 is 0. The molecule has 4 heterocycles. The van der Waals surface area contributed by atoms with Crippen LogP contribution in [0.1, 0.15) is 40.6 Å². The molecule has 1 aromatic carbocycles. The van der Waals surface area contributed by atoms with Crippen molar-refractivity contribution in [1.82, 2.24) is 24.5 Å². The van der Waals surface area contributed by atoms with E-state index in [2.05, 4.69) is 15.7 Å². The topological polar surface area (TPSA) is 85.5 Å². The summed E-state index contributed by atoms with van der Waals surface area (Å²) in [7, 11) is 3.49. The van der Waals surface area contributed by atoms with Crippen molar-refractivity contribution in [2.45, 2.75) is 25.8 Å². The Hall–Kier alpha value is -2.52. The summed E-state index contributed by atoms with van der Waals surface area (Å²) in [5, 5.41) is 11.9. The van der Waals surface area contributed by atoms with Crippen molar-refractivity contribution in [3.05, 3.63) is 53.6 Å². The highest BCUT2D eigenvalue weighted by molar-refractivity contribution is 6.06. The van der Waals surface area contributed by atoms with Crippen LogP contribution in [0.2, 0.25) is 0 Å². The van der Waals surface area contributed by atoms with E-state index in [1.165, 1.54) is 0 Å². The smallest absolute Gasteiger partial charge is 0.255 e. The molecule has 1 fully saturated rings. The van der Waals surface area contributed by atoms with Crippen LogP contribution in [0.5, 0.6) is 5.75 Å². The van der Waals surface area contributed by atoms with Crippen molar-refractivity contribution in [2.24, 2.45) is 7.05 Å². The molecule has 0 spiro atoms. The summed E-state index contributed by atoms with van der Waals surface area (Å²) in [6.45, 7) is 2.97. The number of hydrogen-bond acceptors (Lipinski definition) is 5. The van der Waals surface area contributed by atoms with Gasteiger partial charge in [-0.15, -0.1) is 37.2 Å². The van der Waals surface area contributed by atoms with Gasteiger partial charge in [0.25, 0.3) is 5.91 Å². The molecule has 1 atom stereocenters. The van der Waals surface area contributed by atoms with Gasteiger partial charge in [0.1, 0.15) is 0 Å². The van der Waals surface area contributed by atoms with Gasteiger partial charge >= 0.3 is 0 Å². The number of nitrogens with one attached hydrogen (secondary N) is 2. The molecular formula is C22H27Cl3N6O2. The molecule has 178 valence electrons. The van der Waals surface area contributed by atoms with Gasteiger partial charge in [-0.3, -0.25) is 9.48 Å². The van der Waals surface area contributed by atoms with Crippen molar-refractivity contribution in [1.29, 1.82) is 0 Å². The van der Waals surface area contributed by atoms with Gasteiger partial charge in [-0.2, -0.15) is 5.10 Å². The van der Waals surface area contributed by atoms with Gasteiger partial charge in [-0.25, -0.2) is 4.98 Å². The molecule has 0 saturated carbocycles. The summed E-state index contributed by atoms with van der Waals surface area (Å²) < 4.78 is 9.25. The fourth-order valence-corrected chi connectivity index (χ4v) is 4.19. The van der Waals surface area contributed by atoms with E-state index in [0.717, 1.165) is 47.3 Å². The molecule has 1 aliphatic heterocycles. The summed E-state index contributed by atoms with van der Waals surface area (Å²) in [6.07, 6.45) is 6.10. The van der Waals surface area contributed by atoms with Crippen LogP contribution in [0.3, 0.4) is 0 Å². The Labute approximate surface area is 210 Å². The van der Waals surface area contributed by atoms with E-state index < -0.39 is 0 Å². The van der Waals surface area contributed by atoms with E-state index in [1.54, 1.807) is 17.9 Å². The first-order valence-corrected chi connectivity index (χ1v) is 10.1. The molecule has 1 saturated heterocycles. The summed E-state index contributed by atoms with van der Waals surface area (Å²) in [6, 6.07) is 7.69. The number of halogens is 3. The van der Waals surface area contributed by atoms with Crippen molar-refractivity contribution in [3.63, 3.8) is 0 Å². The van der Waals surface area contributed by atoms with Crippen molar-refractivity contribution in [3.8, 4) is 5.75 Å². The highest BCUT2D eigenvalue weighted by Gasteiger charge is 2.21. The molecule has 0 bridgehead atoms. The third-order valence-electron chi connectivity index (χ3n) is 5.73. The third-order valence-corrected chi connectivity index (χ3v) is 5.73. The van der Waals surface area contributed by atoms with Crippen LogP contribution in [-0.2, 0) is 7.05 Å². The minimum absolute atomic E-state index is 0. The van der Waals surface area contributed by atoms with Crippen LogP contribution >= 0.6 is 37.2 Å². The Balaban J connectivity index is 0.00000128. The fourth-order valence-electron chi connectivity index (χ4n) is 4.19. The zero-order chi connectivity index (χ0) is 20.8. The van der Waals surface area contributed by atoms with Crippen molar-refractivity contribution >= 4 is 65.4 Å². The second-order valence-electron chi connectivity index (χ2n) is 7.74. The Morgan fingerprint density at radius 1 is 1.21 bits per heavy atom. The average Bonchev–Trinajstić information content (AvgIpc) is 3.47. The minimum Gasteiger partial charge on any atom is -0.493 e. The SMILES string of the molecule is COc1cc(NC(=O)c2ccc3c(C)nn(C)c3c2)cn2cc(C3CCCN3)nc12.Cl.Cl.Cl. The van der Waals surface area contributed by atoms with E-state index >= 15 is 0 Å². The number of imidazole rings is 1. The number of anilines is 1. The van der Waals surface area contributed by atoms with E-state index in [0.29, 0.717) is 17.0 Å². The fraction of sp³-hybridized carbons (Fsp3) is 0.318. The Kier molecular flexibility index (Phi) is 8.59. The molecule has 0 radical (unpaired) electrons. The van der Waals surface area contributed by atoms with Crippen LogP contribution in [0.15, 0.2) is 36.7 Å². The Morgan fingerprint density at radius 2 is 2.00 bits per heavy atom. The largest absolute Gasteiger partial charge is 0.493 e. The second kappa shape index (κ2) is 10.6. The molecular weight excluding hydrogens is 487 g/mol. The lowest BCUT2D eigenvalue weighted by molar-refractivity contribution is 0.102. The third kappa shape index (κ3) is 4.89. The summed E-state index contributed by atoms with van der Waals surface area (Å²) in [5.74, 6) is 0.435. The van der Waals surface area contributed by atoms with Crippen molar-refractivity contribution in [2.75, 3.05) is 19.0 Å². The number of carbonyl (C=O) groups excluding carboxylic acids is 1. The molecule has 2 N–H and O–H groups in total. The quantitative estimate of drug-likeness (QED) is 0.420. The number of nitrogens with zero attached hydrogens (tertiary/aromatic N) is 4. The molecule has 11 heteroatoms. The van der Waals surface area contributed by atoms with Crippen LogP contribution < -0.4 is 15.4 Å². The van der Waals surface area contributed by atoms with E-state index in [4.69, 9.17) is 9.72 Å². The predicted molar refractivity (Wildman–Crippen MR) is 137 cm³/mol. The van der Waals surface area contributed by atoms with E-state index in [-0.39, 0.29) is 49.2 Å². The molecule has 3 aromatic heterocycles. The van der Waals surface area contributed by atoms with E-state index in [1.807, 2.05) is 49.0 Å². The first kappa shape index (κ1) is 26.7. The number of pyridine rings is 1. The lowest BCUT2D eigenvalue weighted by Crippen LogP contribution is -2.13. The van der Waals surface area contributed by atoms with Gasteiger partial charge in [0.15, 0.2) is 11.4 Å². The van der Waals surface area contributed by atoms with E-state index in [9.17, 15) is 4.79 Å². The van der Waals surface area contributed by atoms with Crippen LogP contribution in [0.25, 0.3) is 16.6 Å². The monoisotopic (exact) mass is 512 g/mol. The van der Waals surface area contributed by atoms with Gasteiger partial charge < -0.3 is 19.8 Å². The lowest BCUT2D eigenvalue weighted by Gasteiger charge is -2.09. The minimum atomic E-state index is -0.185. The molecule has 33 heavy (non-hydrogen) atoms. The van der Waals surface area contributed by atoms with Gasteiger partial charge in [0.2, 0.25) is 0 Å². The number of ether oxygens (including phenoxy) is 1. The predicted octanol–water partition coefficient (Wildman–Crippen LogP) is 4.48.